The van der Waals surface area contributed by atoms with Crippen LogP contribution in [-0.4, -0.2) is 11.7 Å². The van der Waals surface area contributed by atoms with E-state index < -0.39 is 28.6 Å². The van der Waals surface area contributed by atoms with Crippen LogP contribution in [0.4, 0.5) is 0 Å². The van der Waals surface area contributed by atoms with Gasteiger partial charge in [0.15, 0.2) is 11.5 Å². The van der Waals surface area contributed by atoms with E-state index >= 15 is 0 Å². The van der Waals surface area contributed by atoms with E-state index in [1.165, 1.54) is 6.26 Å². The highest BCUT2D eigenvalue weighted by Crippen LogP contribution is 2.69. The van der Waals surface area contributed by atoms with Gasteiger partial charge in [-0.1, -0.05) is 6.42 Å². The smallest absolute Gasteiger partial charge is 0.217 e. The number of ether oxygens (including phenoxy) is 2. The van der Waals surface area contributed by atoms with E-state index in [0.717, 1.165) is 12.8 Å². The predicted octanol–water partition coefficient (Wildman–Crippen LogP) is 2.79. The minimum atomic E-state index is -1.90. The van der Waals surface area contributed by atoms with Crippen molar-refractivity contribution < 1.29 is 13.9 Å². The first kappa shape index (κ1) is 14.8. The molecule has 3 fully saturated rings. The van der Waals surface area contributed by atoms with Crippen LogP contribution in [0.5, 0.6) is 0 Å². The molecule has 120 valence electrons. The van der Waals surface area contributed by atoms with E-state index in [4.69, 9.17) is 19.3 Å². The second kappa shape index (κ2) is 4.60. The number of nitrogens with zero attached hydrogens (tertiary/aromatic N) is 3. The van der Waals surface area contributed by atoms with Crippen molar-refractivity contribution in [1.29, 1.82) is 21.2 Å². The van der Waals surface area contributed by atoms with Crippen molar-refractivity contribution in [2.75, 3.05) is 0 Å². The van der Waals surface area contributed by atoms with Crippen LogP contribution < -0.4 is 0 Å². The van der Waals surface area contributed by atoms with Gasteiger partial charge >= 0.3 is 0 Å². The van der Waals surface area contributed by atoms with Crippen molar-refractivity contribution in [3.63, 3.8) is 0 Å². The first-order valence-electron chi connectivity index (χ1n) is 7.83. The number of nitriles is 3. The summed E-state index contributed by atoms with van der Waals surface area (Å²) in [5.41, 5.74) is -3.56. The third kappa shape index (κ3) is 1.36. The van der Waals surface area contributed by atoms with Crippen LogP contribution in [0.25, 0.3) is 0 Å². The largest absolute Gasteiger partial charge is 0.466 e. The maximum Gasteiger partial charge on any atom is 0.217 e. The third-order valence-corrected chi connectivity index (χ3v) is 5.62. The number of rotatable bonds is 1. The number of nitrogens with one attached hydrogen (secondary N) is 1. The Hall–Kier alpha value is -2.82. The average molecular weight is 322 g/mol. The monoisotopic (exact) mass is 322 g/mol. The summed E-state index contributed by atoms with van der Waals surface area (Å²) >= 11 is 0. The van der Waals surface area contributed by atoms with Crippen molar-refractivity contribution in [2.45, 2.75) is 37.6 Å². The van der Waals surface area contributed by atoms with Crippen LogP contribution >= 0.6 is 0 Å². The Morgan fingerprint density at radius 2 is 1.96 bits per heavy atom. The Morgan fingerprint density at radius 1 is 1.17 bits per heavy atom. The molecule has 7 nitrogen and oxygen atoms in total. The van der Waals surface area contributed by atoms with Crippen LogP contribution in [0.15, 0.2) is 22.8 Å². The third-order valence-electron chi connectivity index (χ3n) is 5.62. The lowest BCUT2D eigenvalue weighted by Crippen LogP contribution is -2.60. The minimum absolute atomic E-state index is 0.291. The van der Waals surface area contributed by atoms with Gasteiger partial charge in [0, 0.05) is 6.42 Å². The Balaban J connectivity index is 2.02. The summed E-state index contributed by atoms with van der Waals surface area (Å²) in [7, 11) is 0. The molecule has 0 spiro atoms. The lowest BCUT2D eigenvalue weighted by atomic mass is 9.52. The second-order valence-electron chi connectivity index (χ2n) is 6.51. The Labute approximate surface area is 138 Å². The first-order valence-corrected chi connectivity index (χ1v) is 7.83. The molecule has 0 unspecified atom stereocenters. The topological polar surface area (TPSA) is 127 Å². The van der Waals surface area contributed by atoms with E-state index in [2.05, 4.69) is 6.07 Å². The molecular formula is C17H14N4O3. The molecule has 0 amide bonds. The van der Waals surface area contributed by atoms with Gasteiger partial charge in [-0.3, -0.25) is 5.41 Å². The summed E-state index contributed by atoms with van der Waals surface area (Å²) in [6, 6.07) is 9.36. The number of hydrogen-bond acceptors (Lipinski definition) is 7. The summed E-state index contributed by atoms with van der Waals surface area (Å²) < 4.78 is 17.3. The quantitative estimate of drug-likeness (QED) is 0.846. The zero-order chi connectivity index (χ0) is 17.0. The lowest BCUT2D eigenvalue weighted by Gasteiger charge is -2.50. The number of hydrogen-bond donors (Lipinski definition) is 1. The molecule has 1 aliphatic carbocycles. The molecule has 7 heteroatoms. The lowest BCUT2D eigenvalue weighted by molar-refractivity contribution is -0.297. The number of furan rings is 1. The van der Waals surface area contributed by atoms with E-state index in [1.54, 1.807) is 12.1 Å². The van der Waals surface area contributed by atoms with Gasteiger partial charge in [-0.25, -0.2) is 0 Å². The van der Waals surface area contributed by atoms with Crippen LogP contribution in [0, 0.1) is 56.2 Å². The standard InChI is InChI=1S/C17H14N4O3/c18-8-15(9-19)13(11-4-3-7-22-11)23-17-6-2-1-5-12(17)16(15,10-20)14(21)24-17/h3-4,7,12-13,21H,1-2,5-6H2/t12-,13-,16+,17+/m0/s1. The molecule has 3 heterocycles. The van der Waals surface area contributed by atoms with E-state index in [1.807, 2.05) is 12.1 Å². The molecule has 4 rings (SSSR count). The fraction of sp³-hybridized carbons (Fsp3) is 0.529. The normalized spacial score (nSPS) is 39.0. The molecule has 0 radical (unpaired) electrons. The van der Waals surface area contributed by atoms with Gasteiger partial charge in [0.1, 0.15) is 5.76 Å². The maximum absolute atomic E-state index is 10.0. The highest BCUT2D eigenvalue weighted by molar-refractivity contribution is 5.89. The van der Waals surface area contributed by atoms with Crippen molar-refractivity contribution in [3.05, 3.63) is 24.2 Å². The van der Waals surface area contributed by atoms with Gasteiger partial charge in [0.2, 0.25) is 17.1 Å². The Kier molecular flexibility index (Phi) is 2.83. The van der Waals surface area contributed by atoms with Crippen LogP contribution in [0.3, 0.4) is 0 Å². The van der Waals surface area contributed by atoms with E-state index in [9.17, 15) is 15.8 Å². The molecule has 24 heavy (non-hydrogen) atoms. The van der Waals surface area contributed by atoms with Crippen LogP contribution in [-0.2, 0) is 9.47 Å². The Bertz CT molecular complexity index is 813. The van der Waals surface area contributed by atoms with Crippen molar-refractivity contribution in [1.82, 2.24) is 0 Å². The minimum Gasteiger partial charge on any atom is -0.466 e. The van der Waals surface area contributed by atoms with Crippen molar-refractivity contribution in [3.8, 4) is 18.2 Å². The van der Waals surface area contributed by atoms with Gasteiger partial charge in [-0.15, -0.1) is 0 Å². The summed E-state index contributed by atoms with van der Waals surface area (Å²) in [5.74, 6) is -1.70. The summed E-state index contributed by atoms with van der Waals surface area (Å²) in [4.78, 5) is 0. The maximum atomic E-state index is 10.0. The fourth-order valence-electron chi connectivity index (χ4n) is 4.56. The van der Waals surface area contributed by atoms with E-state index in [0.29, 0.717) is 18.6 Å². The van der Waals surface area contributed by atoms with Gasteiger partial charge in [-0.05, 0) is 25.0 Å². The molecular weight excluding hydrogens is 308 g/mol. The van der Waals surface area contributed by atoms with E-state index in [-0.39, 0.29) is 5.90 Å². The zero-order valence-electron chi connectivity index (χ0n) is 12.8. The fourth-order valence-corrected chi connectivity index (χ4v) is 4.56. The first-order chi connectivity index (χ1) is 11.6. The summed E-state index contributed by atoms with van der Waals surface area (Å²) in [6.07, 6.45) is 3.12. The summed E-state index contributed by atoms with van der Waals surface area (Å²) in [5, 5.41) is 38.2. The van der Waals surface area contributed by atoms with Crippen molar-refractivity contribution >= 4 is 5.90 Å². The molecule has 1 N–H and O–H groups in total. The molecule has 1 saturated carbocycles. The van der Waals surface area contributed by atoms with Gasteiger partial charge in [0.25, 0.3) is 0 Å². The van der Waals surface area contributed by atoms with Crippen LogP contribution in [0.2, 0.25) is 0 Å². The molecule has 2 aliphatic heterocycles. The molecule has 3 aliphatic rings. The molecule has 4 atom stereocenters. The SMILES string of the molecule is N#CC1(C#N)[C@H](c2ccco2)O[C@@]23CCCC[C@H]2[C@]1(C#N)C(=N)O3. The molecule has 1 aromatic rings. The molecule has 2 saturated heterocycles. The highest BCUT2D eigenvalue weighted by atomic mass is 16.7. The molecule has 1 aromatic heterocycles. The van der Waals surface area contributed by atoms with Gasteiger partial charge in [0.05, 0.1) is 30.4 Å². The molecule has 0 aromatic carbocycles. The Morgan fingerprint density at radius 3 is 2.58 bits per heavy atom. The predicted molar refractivity (Wildman–Crippen MR) is 77.7 cm³/mol. The zero-order valence-corrected chi connectivity index (χ0v) is 12.8. The van der Waals surface area contributed by atoms with Gasteiger partial charge < -0.3 is 13.9 Å². The summed E-state index contributed by atoms with van der Waals surface area (Å²) in [6.45, 7) is 0. The average Bonchev–Trinajstić information content (AvgIpc) is 3.19. The molecule has 2 bridgehead atoms. The van der Waals surface area contributed by atoms with Gasteiger partial charge in [-0.2, -0.15) is 15.8 Å². The second-order valence-corrected chi connectivity index (χ2v) is 6.51. The van der Waals surface area contributed by atoms with Crippen LogP contribution in [0.1, 0.15) is 37.5 Å². The highest BCUT2D eigenvalue weighted by Gasteiger charge is 2.80. The van der Waals surface area contributed by atoms with Crippen molar-refractivity contribution in [2.24, 2.45) is 16.7 Å².